The highest BCUT2D eigenvalue weighted by atomic mass is 35.5. The van der Waals surface area contributed by atoms with Crippen molar-refractivity contribution in [2.75, 3.05) is 13.2 Å². The molecule has 0 aliphatic carbocycles. The highest BCUT2D eigenvalue weighted by Gasteiger charge is 2.36. The third kappa shape index (κ3) is 3.97. The van der Waals surface area contributed by atoms with Crippen LogP contribution in [0.25, 0.3) is 0 Å². The van der Waals surface area contributed by atoms with Crippen molar-refractivity contribution in [3.63, 3.8) is 0 Å². The molecular formula is C10H21ClN2O2. The van der Waals surface area contributed by atoms with E-state index in [4.69, 9.17) is 5.11 Å². The Hall–Kier alpha value is -0.320. The number of amides is 1. The van der Waals surface area contributed by atoms with Gasteiger partial charge in [-0.2, -0.15) is 0 Å². The second-order valence-electron chi connectivity index (χ2n) is 4.25. The smallest absolute Gasteiger partial charge is 0.240 e. The van der Waals surface area contributed by atoms with Gasteiger partial charge in [0.15, 0.2) is 0 Å². The van der Waals surface area contributed by atoms with Crippen LogP contribution in [-0.4, -0.2) is 35.7 Å². The Bertz CT molecular complexity index is 206. The zero-order valence-electron chi connectivity index (χ0n) is 9.38. The molecule has 1 aliphatic rings. The Balaban J connectivity index is 0.00000196. The number of aliphatic hydroxyl groups excluding tert-OH is 1. The lowest BCUT2D eigenvalue weighted by Gasteiger charge is -2.25. The molecule has 4 nitrogen and oxygen atoms in total. The zero-order chi connectivity index (χ0) is 10.6. The normalized spacial score (nSPS) is 26.9. The molecule has 1 aliphatic heterocycles. The predicted octanol–water partition coefficient (Wildman–Crippen LogP) is 0.437. The summed E-state index contributed by atoms with van der Waals surface area (Å²) in [5.41, 5.74) is -0.399. The van der Waals surface area contributed by atoms with Gasteiger partial charge < -0.3 is 15.7 Å². The number of rotatable bonds is 4. The lowest BCUT2D eigenvalue weighted by atomic mass is 9.99. The molecular weight excluding hydrogens is 216 g/mol. The monoisotopic (exact) mass is 236 g/mol. The van der Waals surface area contributed by atoms with Crippen molar-refractivity contribution in [3.05, 3.63) is 0 Å². The van der Waals surface area contributed by atoms with Gasteiger partial charge in [0.05, 0.1) is 5.54 Å². The van der Waals surface area contributed by atoms with Gasteiger partial charge in [-0.15, -0.1) is 12.4 Å². The van der Waals surface area contributed by atoms with Gasteiger partial charge in [0.25, 0.3) is 0 Å². The maximum Gasteiger partial charge on any atom is 0.240 e. The standard InChI is InChI=1S/C10H20N2O2.ClH/c1-8(4-7-13)12-9(14)10(2)5-3-6-11-10;/h8,11,13H,3-7H2,1-2H3,(H,12,14);1H. The van der Waals surface area contributed by atoms with Crippen LogP contribution in [0.15, 0.2) is 0 Å². The summed E-state index contributed by atoms with van der Waals surface area (Å²) in [4.78, 5) is 11.8. The first-order valence-corrected chi connectivity index (χ1v) is 5.25. The Morgan fingerprint density at radius 1 is 1.67 bits per heavy atom. The van der Waals surface area contributed by atoms with Crippen LogP contribution in [0.4, 0.5) is 0 Å². The zero-order valence-corrected chi connectivity index (χ0v) is 10.2. The van der Waals surface area contributed by atoms with Gasteiger partial charge in [-0.3, -0.25) is 4.79 Å². The van der Waals surface area contributed by atoms with E-state index in [1.165, 1.54) is 0 Å². The summed E-state index contributed by atoms with van der Waals surface area (Å²) in [6, 6.07) is 0.0479. The maximum atomic E-state index is 11.8. The van der Waals surface area contributed by atoms with Gasteiger partial charge in [-0.25, -0.2) is 0 Å². The van der Waals surface area contributed by atoms with E-state index in [9.17, 15) is 4.79 Å². The molecule has 90 valence electrons. The van der Waals surface area contributed by atoms with Crippen LogP contribution in [0.3, 0.4) is 0 Å². The minimum atomic E-state index is -0.399. The molecule has 2 unspecified atom stereocenters. The first kappa shape index (κ1) is 14.7. The van der Waals surface area contributed by atoms with Crippen molar-refractivity contribution in [2.45, 2.75) is 44.7 Å². The quantitative estimate of drug-likeness (QED) is 0.664. The summed E-state index contributed by atoms with van der Waals surface area (Å²) < 4.78 is 0. The van der Waals surface area contributed by atoms with E-state index < -0.39 is 5.54 Å². The largest absolute Gasteiger partial charge is 0.396 e. The van der Waals surface area contributed by atoms with Gasteiger partial charge in [-0.1, -0.05) is 0 Å². The average molecular weight is 237 g/mol. The summed E-state index contributed by atoms with van der Waals surface area (Å²) in [7, 11) is 0. The molecule has 0 spiro atoms. The van der Waals surface area contributed by atoms with E-state index in [0.717, 1.165) is 19.4 Å². The maximum absolute atomic E-state index is 11.8. The highest BCUT2D eigenvalue weighted by molar-refractivity contribution is 5.86. The van der Waals surface area contributed by atoms with Gasteiger partial charge in [-0.05, 0) is 39.7 Å². The number of carbonyl (C=O) groups is 1. The summed E-state index contributed by atoms with van der Waals surface area (Å²) >= 11 is 0. The lowest BCUT2D eigenvalue weighted by molar-refractivity contribution is -0.127. The SMILES string of the molecule is CC(CCO)NC(=O)C1(C)CCCN1.Cl. The number of halogens is 1. The predicted molar refractivity (Wildman–Crippen MR) is 62.2 cm³/mol. The van der Waals surface area contributed by atoms with Crippen LogP contribution in [0, 0.1) is 0 Å². The van der Waals surface area contributed by atoms with Crippen molar-refractivity contribution >= 4 is 18.3 Å². The number of hydrogen-bond donors (Lipinski definition) is 3. The molecule has 15 heavy (non-hydrogen) atoms. The Kier molecular flexibility index (Phi) is 6.17. The highest BCUT2D eigenvalue weighted by Crippen LogP contribution is 2.18. The van der Waals surface area contributed by atoms with E-state index in [1.54, 1.807) is 0 Å². The number of aliphatic hydroxyl groups is 1. The molecule has 1 fully saturated rings. The molecule has 0 bridgehead atoms. The Morgan fingerprint density at radius 3 is 2.80 bits per heavy atom. The van der Waals surface area contributed by atoms with Crippen molar-refractivity contribution in [1.29, 1.82) is 0 Å². The van der Waals surface area contributed by atoms with Crippen LogP contribution in [0.2, 0.25) is 0 Å². The third-order valence-corrected chi connectivity index (χ3v) is 2.81. The van der Waals surface area contributed by atoms with Crippen LogP contribution in [-0.2, 0) is 4.79 Å². The molecule has 1 saturated heterocycles. The van der Waals surface area contributed by atoms with Gasteiger partial charge in [0.2, 0.25) is 5.91 Å². The van der Waals surface area contributed by atoms with Crippen molar-refractivity contribution < 1.29 is 9.90 Å². The molecule has 1 rings (SSSR count). The molecule has 3 N–H and O–H groups in total. The van der Waals surface area contributed by atoms with Crippen LogP contribution >= 0.6 is 12.4 Å². The number of nitrogens with one attached hydrogen (secondary N) is 2. The number of carbonyl (C=O) groups excluding carboxylic acids is 1. The molecule has 0 aromatic heterocycles. The first-order valence-electron chi connectivity index (χ1n) is 5.25. The van der Waals surface area contributed by atoms with Crippen LogP contribution in [0.5, 0.6) is 0 Å². The molecule has 0 aromatic rings. The molecule has 2 atom stereocenters. The second-order valence-corrected chi connectivity index (χ2v) is 4.25. The Morgan fingerprint density at radius 2 is 2.33 bits per heavy atom. The minimum absolute atomic E-state index is 0. The summed E-state index contributed by atoms with van der Waals surface area (Å²) in [5, 5.41) is 14.8. The van der Waals surface area contributed by atoms with E-state index in [0.29, 0.717) is 6.42 Å². The summed E-state index contributed by atoms with van der Waals surface area (Å²) in [6.07, 6.45) is 2.56. The molecule has 0 saturated carbocycles. The van der Waals surface area contributed by atoms with Crippen molar-refractivity contribution in [1.82, 2.24) is 10.6 Å². The minimum Gasteiger partial charge on any atom is -0.396 e. The van der Waals surface area contributed by atoms with Crippen LogP contribution in [0.1, 0.15) is 33.1 Å². The third-order valence-electron chi connectivity index (χ3n) is 2.81. The van der Waals surface area contributed by atoms with Crippen molar-refractivity contribution in [3.8, 4) is 0 Å². The van der Waals surface area contributed by atoms with E-state index >= 15 is 0 Å². The van der Waals surface area contributed by atoms with E-state index in [2.05, 4.69) is 10.6 Å². The molecule has 0 aromatic carbocycles. The van der Waals surface area contributed by atoms with Gasteiger partial charge in [0.1, 0.15) is 0 Å². The molecule has 1 amide bonds. The summed E-state index contributed by atoms with van der Waals surface area (Å²) in [6.45, 7) is 4.87. The molecule has 5 heteroatoms. The molecule has 0 radical (unpaired) electrons. The van der Waals surface area contributed by atoms with Crippen LogP contribution < -0.4 is 10.6 Å². The lowest BCUT2D eigenvalue weighted by Crippen LogP contribution is -2.53. The van der Waals surface area contributed by atoms with E-state index in [1.807, 2.05) is 13.8 Å². The topological polar surface area (TPSA) is 61.4 Å². The fourth-order valence-corrected chi connectivity index (χ4v) is 1.74. The summed E-state index contributed by atoms with van der Waals surface area (Å²) in [5.74, 6) is 0.0518. The first-order chi connectivity index (χ1) is 6.58. The van der Waals surface area contributed by atoms with Gasteiger partial charge in [0, 0.05) is 12.6 Å². The fraction of sp³-hybridized carbons (Fsp3) is 0.900. The number of hydrogen-bond acceptors (Lipinski definition) is 3. The average Bonchev–Trinajstić information content (AvgIpc) is 2.54. The molecule has 1 heterocycles. The van der Waals surface area contributed by atoms with Gasteiger partial charge >= 0.3 is 0 Å². The van der Waals surface area contributed by atoms with E-state index in [-0.39, 0.29) is 31.0 Å². The Labute approximate surface area is 97.2 Å². The van der Waals surface area contributed by atoms with Crippen molar-refractivity contribution in [2.24, 2.45) is 0 Å². The second kappa shape index (κ2) is 6.30. The fourth-order valence-electron chi connectivity index (χ4n) is 1.74.